The summed E-state index contributed by atoms with van der Waals surface area (Å²) < 4.78 is 5.22. The van der Waals surface area contributed by atoms with Crippen molar-refractivity contribution in [1.82, 2.24) is 5.32 Å². The van der Waals surface area contributed by atoms with Gasteiger partial charge in [0.1, 0.15) is 0 Å². The van der Waals surface area contributed by atoms with Crippen LogP contribution in [0.1, 0.15) is 20.3 Å². The second-order valence-electron chi connectivity index (χ2n) is 2.81. The largest absolute Gasteiger partial charge is 0.377 e. The third-order valence-electron chi connectivity index (χ3n) is 1.25. The van der Waals surface area contributed by atoms with E-state index in [1.807, 2.05) is 13.8 Å². The molecule has 0 aliphatic carbocycles. The van der Waals surface area contributed by atoms with Crippen LogP contribution in [0, 0.1) is 0 Å². The zero-order valence-corrected chi connectivity index (χ0v) is 7.80. The fraction of sp³-hybridized carbons (Fsp3) is 0.875. The Morgan fingerprint density at radius 2 is 2.25 bits per heavy atom. The first-order valence-corrected chi connectivity index (χ1v) is 4.25. The Labute approximate surface area is 73.5 Å². The van der Waals surface area contributed by atoms with Crippen molar-refractivity contribution >= 4 is 5.91 Å². The van der Waals surface area contributed by atoms with Crippen molar-refractivity contribution in [2.24, 2.45) is 5.73 Å². The van der Waals surface area contributed by atoms with E-state index in [1.54, 1.807) is 0 Å². The van der Waals surface area contributed by atoms with Gasteiger partial charge >= 0.3 is 0 Å². The lowest BCUT2D eigenvalue weighted by Crippen LogP contribution is -2.29. The van der Waals surface area contributed by atoms with E-state index in [2.05, 4.69) is 5.32 Å². The van der Waals surface area contributed by atoms with Gasteiger partial charge in [0.2, 0.25) is 5.91 Å². The van der Waals surface area contributed by atoms with Crippen LogP contribution in [0.2, 0.25) is 0 Å². The van der Waals surface area contributed by atoms with Crippen molar-refractivity contribution < 1.29 is 9.53 Å². The topological polar surface area (TPSA) is 64.3 Å². The van der Waals surface area contributed by atoms with Gasteiger partial charge in [-0.15, -0.1) is 0 Å². The molecule has 0 aromatic carbocycles. The molecule has 0 aliphatic heterocycles. The van der Waals surface area contributed by atoms with E-state index in [1.165, 1.54) is 0 Å². The molecule has 0 rings (SSSR count). The van der Waals surface area contributed by atoms with Crippen molar-refractivity contribution in [1.29, 1.82) is 0 Å². The normalized spacial score (nSPS) is 10.3. The molecule has 1 amide bonds. The predicted molar refractivity (Wildman–Crippen MR) is 47.8 cm³/mol. The molecule has 0 bridgehead atoms. The van der Waals surface area contributed by atoms with Gasteiger partial charge in [0.25, 0.3) is 0 Å². The van der Waals surface area contributed by atoms with Crippen LogP contribution in [0.25, 0.3) is 0 Å². The Hall–Kier alpha value is -0.610. The highest BCUT2D eigenvalue weighted by molar-refractivity contribution is 5.75. The van der Waals surface area contributed by atoms with Gasteiger partial charge in [0.05, 0.1) is 12.7 Å². The van der Waals surface area contributed by atoms with Crippen molar-refractivity contribution in [2.45, 2.75) is 26.4 Å². The molecule has 0 radical (unpaired) electrons. The Balaban J connectivity index is 3.14. The Kier molecular flexibility index (Phi) is 6.70. The van der Waals surface area contributed by atoms with E-state index in [-0.39, 0.29) is 12.0 Å². The Bertz CT molecular complexity index is 126. The average Bonchev–Trinajstić information content (AvgIpc) is 1.98. The molecule has 0 aromatic heterocycles. The number of carbonyl (C=O) groups is 1. The van der Waals surface area contributed by atoms with Crippen molar-refractivity contribution in [3.8, 4) is 0 Å². The Morgan fingerprint density at radius 3 is 2.75 bits per heavy atom. The highest BCUT2D eigenvalue weighted by Crippen LogP contribution is 1.85. The molecule has 0 aliphatic rings. The standard InChI is InChI=1S/C8H18N2O2/c1-7(2)12-6-5-10-8(11)3-4-9/h7H,3-6,9H2,1-2H3,(H,10,11). The average molecular weight is 174 g/mol. The van der Waals surface area contributed by atoms with Gasteiger partial charge < -0.3 is 15.8 Å². The van der Waals surface area contributed by atoms with Crippen LogP contribution >= 0.6 is 0 Å². The lowest BCUT2D eigenvalue weighted by atomic mass is 10.4. The maximum Gasteiger partial charge on any atom is 0.221 e. The molecule has 12 heavy (non-hydrogen) atoms. The van der Waals surface area contributed by atoms with Gasteiger partial charge in [-0.25, -0.2) is 0 Å². The van der Waals surface area contributed by atoms with Gasteiger partial charge in [-0.2, -0.15) is 0 Å². The lowest BCUT2D eigenvalue weighted by molar-refractivity contribution is -0.121. The van der Waals surface area contributed by atoms with Crippen molar-refractivity contribution in [3.05, 3.63) is 0 Å². The molecule has 72 valence electrons. The second-order valence-corrected chi connectivity index (χ2v) is 2.81. The summed E-state index contributed by atoms with van der Waals surface area (Å²) in [5.41, 5.74) is 5.19. The molecule has 0 saturated heterocycles. The monoisotopic (exact) mass is 174 g/mol. The molecule has 4 nitrogen and oxygen atoms in total. The summed E-state index contributed by atoms with van der Waals surface area (Å²) in [6.45, 7) is 5.45. The highest BCUT2D eigenvalue weighted by atomic mass is 16.5. The lowest BCUT2D eigenvalue weighted by Gasteiger charge is -2.07. The quantitative estimate of drug-likeness (QED) is 0.552. The maximum absolute atomic E-state index is 10.8. The van der Waals surface area contributed by atoms with E-state index in [0.717, 1.165) is 0 Å². The first-order chi connectivity index (χ1) is 5.66. The molecule has 0 saturated carbocycles. The molecular weight excluding hydrogens is 156 g/mol. The number of nitrogens with one attached hydrogen (secondary N) is 1. The second kappa shape index (κ2) is 7.06. The molecule has 0 aromatic rings. The zero-order chi connectivity index (χ0) is 9.40. The SMILES string of the molecule is CC(C)OCCNC(=O)CCN. The number of carbonyl (C=O) groups excluding carboxylic acids is 1. The van der Waals surface area contributed by atoms with E-state index < -0.39 is 0 Å². The fourth-order valence-electron chi connectivity index (χ4n) is 0.705. The molecular formula is C8H18N2O2. The smallest absolute Gasteiger partial charge is 0.221 e. The van der Waals surface area contributed by atoms with Crippen LogP contribution in [-0.2, 0) is 9.53 Å². The van der Waals surface area contributed by atoms with Crippen LogP contribution < -0.4 is 11.1 Å². The van der Waals surface area contributed by atoms with Crippen molar-refractivity contribution in [3.63, 3.8) is 0 Å². The van der Waals surface area contributed by atoms with Crippen LogP contribution in [0.15, 0.2) is 0 Å². The van der Waals surface area contributed by atoms with Crippen LogP contribution in [0.5, 0.6) is 0 Å². The molecule has 0 heterocycles. The molecule has 0 spiro atoms. The Morgan fingerprint density at radius 1 is 1.58 bits per heavy atom. The minimum atomic E-state index is -0.00939. The maximum atomic E-state index is 10.8. The zero-order valence-electron chi connectivity index (χ0n) is 7.80. The molecule has 0 atom stereocenters. The number of ether oxygens (including phenoxy) is 1. The van der Waals surface area contributed by atoms with E-state index >= 15 is 0 Å². The van der Waals surface area contributed by atoms with Gasteiger partial charge in [0.15, 0.2) is 0 Å². The summed E-state index contributed by atoms with van der Waals surface area (Å²) >= 11 is 0. The van der Waals surface area contributed by atoms with E-state index in [9.17, 15) is 4.79 Å². The predicted octanol–water partition coefficient (Wildman–Crippen LogP) is -0.124. The third kappa shape index (κ3) is 7.50. The summed E-state index contributed by atoms with van der Waals surface area (Å²) in [5.74, 6) is -0.00939. The van der Waals surface area contributed by atoms with Crippen LogP contribution in [0.3, 0.4) is 0 Å². The summed E-state index contributed by atoms with van der Waals surface area (Å²) in [6.07, 6.45) is 0.609. The fourth-order valence-corrected chi connectivity index (χ4v) is 0.705. The molecule has 4 heteroatoms. The van der Waals surface area contributed by atoms with Gasteiger partial charge in [-0.05, 0) is 13.8 Å². The minimum Gasteiger partial charge on any atom is -0.377 e. The third-order valence-corrected chi connectivity index (χ3v) is 1.25. The number of nitrogens with two attached hydrogens (primary N) is 1. The summed E-state index contributed by atoms with van der Waals surface area (Å²) in [5, 5.41) is 2.70. The molecule has 0 fully saturated rings. The molecule has 0 unspecified atom stereocenters. The van der Waals surface area contributed by atoms with Crippen LogP contribution in [0.4, 0.5) is 0 Å². The summed E-state index contributed by atoms with van der Waals surface area (Å²) in [7, 11) is 0. The number of hydrogen-bond donors (Lipinski definition) is 2. The van der Waals surface area contributed by atoms with Crippen LogP contribution in [-0.4, -0.2) is 31.7 Å². The van der Waals surface area contributed by atoms with Gasteiger partial charge in [0, 0.05) is 19.5 Å². The number of hydrogen-bond acceptors (Lipinski definition) is 3. The van der Waals surface area contributed by atoms with E-state index in [0.29, 0.717) is 26.1 Å². The van der Waals surface area contributed by atoms with Crippen molar-refractivity contribution in [2.75, 3.05) is 19.7 Å². The van der Waals surface area contributed by atoms with Gasteiger partial charge in [-0.1, -0.05) is 0 Å². The van der Waals surface area contributed by atoms with E-state index in [4.69, 9.17) is 10.5 Å². The molecule has 3 N–H and O–H groups in total. The first kappa shape index (κ1) is 11.4. The summed E-state index contributed by atoms with van der Waals surface area (Å²) in [6, 6.07) is 0. The first-order valence-electron chi connectivity index (χ1n) is 4.25. The summed E-state index contributed by atoms with van der Waals surface area (Å²) in [4.78, 5) is 10.8. The highest BCUT2D eigenvalue weighted by Gasteiger charge is 1.98. The van der Waals surface area contributed by atoms with Gasteiger partial charge in [-0.3, -0.25) is 4.79 Å². The minimum absolute atomic E-state index is 0.00939. The number of amides is 1. The number of rotatable bonds is 6.